The van der Waals surface area contributed by atoms with Gasteiger partial charge in [-0.05, 0) is 30.2 Å². The van der Waals surface area contributed by atoms with Crippen molar-refractivity contribution in [1.29, 1.82) is 0 Å². The molecular formula is C15H15N3O2S. The lowest BCUT2D eigenvalue weighted by Gasteiger charge is -2.06. The molecule has 1 N–H and O–H groups in total. The zero-order valence-electron chi connectivity index (χ0n) is 11.8. The largest absolute Gasteiger partial charge is 0.496 e. The number of benzene rings is 1. The highest BCUT2D eigenvalue weighted by molar-refractivity contribution is 7.84. The van der Waals surface area contributed by atoms with Crippen molar-refractivity contribution in [3.63, 3.8) is 0 Å². The van der Waals surface area contributed by atoms with Crippen molar-refractivity contribution in [3.05, 3.63) is 47.8 Å². The first-order valence-corrected chi connectivity index (χ1v) is 7.81. The summed E-state index contributed by atoms with van der Waals surface area (Å²) >= 11 is 0. The molecule has 0 amide bonds. The molecule has 0 aliphatic carbocycles. The Morgan fingerprint density at radius 3 is 2.90 bits per heavy atom. The number of aromatic nitrogens is 3. The average molecular weight is 301 g/mol. The van der Waals surface area contributed by atoms with Crippen LogP contribution in [0.3, 0.4) is 0 Å². The normalized spacial score (nSPS) is 12.5. The van der Waals surface area contributed by atoms with E-state index in [4.69, 9.17) is 4.74 Å². The predicted octanol–water partition coefficient (Wildman–Crippen LogP) is 2.58. The van der Waals surface area contributed by atoms with Crippen LogP contribution in [0, 0.1) is 6.92 Å². The van der Waals surface area contributed by atoms with Crippen LogP contribution in [0.25, 0.3) is 11.0 Å². The van der Waals surface area contributed by atoms with Gasteiger partial charge in [0.05, 0.1) is 40.9 Å². The molecule has 0 aliphatic heterocycles. The standard InChI is InChI=1S/C15H15N3O2S/c1-10-7-11(3-4-14(10)20-2)9-21(19)15-17-12-5-6-16-8-13(12)18-15/h3-8H,9H2,1-2H3,(H,17,18). The number of hydrogen-bond donors (Lipinski definition) is 1. The molecule has 0 spiro atoms. The first-order valence-electron chi connectivity index (χ1n) is 6.49. The number of fused-ring (bicyclic) bond motifs is 1. The number of aromatic amines is 1. The molecule has 0 bridgehead atoms. The number of nitrogens with zero attached hydrogens (tertiary/aromatic N) is 2. The smallest absolute Gasteiger partial charge is 0.197 e. The predicted molar refractivity (Wildman–Crippen MR) is 81.7 cm³/mol. The zero-order chi connectivity index (χ0) is 14.8. The molecular weight excluding hydrogens is 286 g/mol. The first-order chi connectivity index (χ1) is 10.2. The maximum Gasteiger partial charge on any atom is 0.197 e. The third-order valence-corrected chi connectivity index (χ3v) is 4.45. The molecule has 1 aromatic carbocycles. The van der Waals surface area contributed by atoms with Gasteiger partial charge in [-0.2, -0.15) is 0 Å². The van der Waals surface area contributed by atoms with Crippen molar-refractivity contribution < 1.29 is 8.95 Å². The summed E-state index contributed by atoms with van der Waals surface area (Å²) in [7, 11) is 0.422. The third-order valence-electron chi connectivity index (χ3n) is 3.23. The average Bonchev–Trinajstić information content (AvgIpc) is 2.91. The van der Waals surface area contributed by atoms with Gasteiger partial charge in [0.15, 0.2) is 5.16 Å². The second kappa shape index (κ2) is 5.65. The molecule has 6 heteroatoms. The molecule has 3 aromatic rings. The van der Waals surface area contributed by atoms with Gasteiger partial charge in [0.1, 0.15) is 5.75 Å². The lowest BCUT2D eigenvalue weighted by atomic mass is 10.1. The van der Waals surface area contributed by atoms with Gasteiger partial charge in [-0.25, -0.2) is 4.98 Å². The van der Waals surface area contributed by atoms with Crippen LogP contribution in [-0.2, 0) is 16.6 Å². The van der Waals surface area contributed by atoms with E-state index in [0.717, 1.165) is 27.9 Å². The summed E-state index contributed by atoms with van der Waals surface area (Å²) < 4.78 is 17.6. The topological polar surface area (TPSA) is 67.9 Å². The molecule has 0 fully saturated rings. The Morgan fingerprint density at radius 1 is 1.33 bits per heavy atom. The third kappa shape index (κ3) is 2.80. The molecule has 0 saturated carbocycles. The van der Waals surface area contributed by atoms with E-state index in [2.05, 4.69) is 15.0 Å². The number of nitrogens with one attached hydrogen (secondary N) is 1. The monoisotopic (exact) mass is 301 g/mol. The molecule has 2 aromatic heterocycles. The van der Waals surface area contributed by atoms with E-state index in [0.29, 0.717) is 10.9 Å². The van der Waals surface area contributed by atoms with E-state index >= 15 is 0 Å². The molecule has 2 heterocycles. The fraction of sp³-hybridized carbons (Fsp3) is 0.200. The first kappa shape index (κ1) is 13.8. The van der Waals surface area contributed by atoms with Gasteiger partial charge in [0.25, 0.3) is 0 Å². The summed E-state index contributed by atoms with van der Waals surface area (Å²) in [5.74, 6) is 1.25. The molecule has 0 saturated heterocycles. The molecule has 1 unspecified atom stereocenters. The highest BCUT2D eigenvalue weighted by Gasteiger charge is 2.11. The van der Waals surface area contributed by atoms with E-state index in [1.165, 1.54) is 0 Å². The van der Waals surface area contributed by atoms with Crippen LogP contribution in [0.5, 0.6) is 5.75 Å². The van der Waals surface area contributed by atoms with E-state index in [1.807, 2.05) is 25.1 Å². The van der Waals surface area contributed by atoms with Crippen molar-refractivity contribution in [1.82, 2.24) is 15.0 Å². The molecule has 108 valence electrons. The zero-order valence-corrected chi connectivity index (χ0v) is 12.6. The van der Waals surface area contributed by atoms with Gasteiger partial charge in [-0.1, -0.05) is 12.1 Å². The summed E-state index contributed by atoms with van der Waals surface area (Å²) in [6.45, 7) is 1.97. The van der Waals surface area contributed by atoms with E-state index < -0.39 is 10.8 Å². The second-order valence-electron chi connectivity index (χ2n) is 4.73. The fourth-order valence-electron chi connectivity index (χ4n) is 2.19. The number of imidazole rings is 1. The summed E-state index contributed by atoms with van der Waals surface area (Å²) in [5.41, 5.74) is 3.59. The number of hydrogen-bond acceptors (Lipinski definition) is 4. The highest BCUT2D eigenvalue weighted by atomic mass is 32.2. The number of pyridine rings is 1. The highest BCUT2D eigenvalue weighted by Crippen LogP contribution is 2.21. The Balaban J connectivity index is 1.84. The number of ether oxygens (including phenoxy) is 1. The Kier molecular flexibility index (Phi) is 3.70. The van der Waals surface area contributed by atoms with Gasteiger partial charge in [0.2, 0.25) is 0 Å². The van der Waals surface area contributed by atoms with Crippen molar-refractivity contribution in [2.24, 2.45) is 0 Å². The maximum absolute atomic E-state index is 12.4. The van der Waals surface area contributed by atoms with E-state index in [1.54, 1.807) is 25.6 Å². The second-order valence-corrected chi connectivity index (χ2v) is 6.10. The van der Waals surface area contributed by atoms with Crippen LogP contribution in [-0.4, -0.2) is 26.3 Å². The molecule has 0 aliphatic rings. The van der Waals surface area contributed by atoms with Crippen LogP contribution >= 0.6 is 0 Å². The van der Waals surface area contributed by atoms with Crippen LogP contribution in [0.4, 0.5) is 0 Å². The Bertz CT molecular complexity index is 781. The lowest BCUT2D eigenvalue weighted by Crippen LogP contribution is -1.99. The minimum Gasteiger partial charge on any atom is -0.496 e. The minimum atomic E-state index is -1.22. The Hall–Kier alpha value is -2.21. The number of rotatable bonds is 4. The molecule has 0 radical (unpaired) electrons. The minimum absolute atomic E-state index is 0.415. The molecule has 1 atom stereocenters. The van der Waals surface area contributed by atoms with Gasteiger partial charge in [-0.15, -0.1) is 0 Å². The quantitative estimate of drug-likeness (QED) is 0.804. The van der Waals surface area contributed by atoms with Gasteiger partial charge in [0, 0.05) is 6.20 Å². The van der Waals surface area contributed by atoms with Crippen molar-refractivity contribution in [2.75, 3.05) is 7.11 Å². The molecule has 3 rings (SSSR count). The maximum atomic E-state index is 12.4. The van der Waals surface area contributed by atoms with E-state index in [-0.39, 0.29) is 0 Å². The lowest BCUT2D eigenvalue weighted by molar-refractivity contribution is 0.411. The Labute approximate surface area is 124 Å². The summed E-state index contributed by atoms with van der Waals surface area (Å²) in [6, 6.07) is 7.60. The number of methoxy groups -OCH3 is 1. The van der Waals surface area contributed by atoms with Gasteiger partial charge in [-0.3, -0.25) is 9.19 Å². The number of aryl methyl sites for hydroxylation is 1. The van der Waals surface area contributed by atoms with Crippen LogP contribution in [0.15, 0.2) is 41.8 Å². The number of H-pyrrole nitrogens is 1. The summed E-state index contributed by atoms with van der Waals surface area (Å²) in [6.07, 6.45) is 3.35. The van der Waals surface area contributed by atoms with Crippen LogP contribution < -0.4 is 4.74 Å². The fourth-order valence-corrected chi connectivity index (χ4v) is 3.23. The van der Waals surface area contributed by atoms with Crippen molar-refractivity contribution >= 4 is 21.8 Å². The van der Waals surface area contributed by atoms with Crippen molar-refractivity contribution in [2.45, 2.75) is 17.8 Å². The van der Waals surface area contributed by atoms with E-state index in [9.17, 15) is 4.21 Å². The Morgan fingerprint density at radius 2 is 2.19 bits per heavy atom. The van der Waals surface area contributed by atoms with Crippen LogP contribution in [0.2, 0.25) is 0 Å². The van der Waals surface area contributed by atoms with Gasteiger partial charge >= 0.3 is 0 Å². The summed E-state index contributed by atoms with van der Waals surface area (Å²) in [4.78, 5) is 11.4. The van der Waals surface area contributed by atoms with Gasteiger partial charge < -0.3 is 9.72 Å². The van der Waals surface area contributed by atoms with Crippen molar-refractivity contribution in [3.8, 4) is 5.75 Å². The molecule has 5 nitrogen and oxygen atoms in total. The molecule has 21 heavy (non-hydrogen) atoms. The SMILES string of the molecule is COc1ccc(CS(=O)c2nc3ccncc3[nH]2)cc1C. The van der Waals surface area contributed by atoms with Crippen LogP contribution in [0.1, 0.15) is 11.1 Å². The summed E-state index contributed by atoms with van der Waals surface area (Å²) in [5, 5.41) is 0.478.